The second kappa shape index (κ2) is 11.6. The molecule has 3 aromatic heterocycles. The van der Waals surface area contributed by atoms with Crippen molar-refractivity contribution in [2.24, 2.45) is 0 Å². The number of carboxylic acid groups (broad SMARTS) is 1. The van der Waals surface area contributed by atoms with Gasteiger partial charge in [0.25, 0.3) is 5.91 Å². The number of hydrogen-bond donors (Lipinski definition) is 3. The molecule has 206 valence electrons. The summed E-state index contributed by atoms with van der Waals surface area (Å²) in [5, 5.41) is 17.6. The number of aromatic nitrogens is 2. The second-order valence-corrected chi connectivity index (χ2v) is 11.6. The Morgan fingerprint density at radius 2 is 1.71 bits per heavy atom. The molecule has 1 aliphatic heterocycles. The van der Waals surface area contributed by atoms with E-state index in [0.717, 1.165) is 44.3 Å². The van der Waals surface area contributed by atoms with Gasteiger partial charge >= 0.3 is 6.09 Å². The molecule has 3 N–H and O–H groups in total. The van der Waals surface area contributed by atoms with Gasteiger partial charge in [-0.15, -0.1) is 22.7 Å². The maximum absolute atomic E-state index is 13.3. The fourth-order valence-electron chi connectivity index (χ4n) is 5.09. The van der Waals surface area contributed by atoms with Crippen LogP contribution in [0.25, 0.3) is 20.9 Å². The Kier molecular flexibility index (Phi) is 7.60. The van der Waals surface area contributed by atoms with Crippen LogP contribution in [0.4, 0.5) is 16.2 Å². The summed E-state index contributed by atoms with van der Waals surface area (Å²) < 4.78 is 5.72. The minimum atomic E-state index is -1.20. The molecule has 0 bridgehead atoms. The van der Waals surface area contributed by atoms with E-state index in [1.165, 1.54) is 0 Å². The first-order valence-corrected chi connectivity index (χ1v) is 14.8. The number of carbonyl (C=O) groups is 2. The van der Waals surface area contributed by atoms with Gasteiger partial charge in [0.1, 0.15) is 5.01 Å². The second-order valence-electron chi connectivity index (χ2n) is 9.67. The van der Waals surface area contributed by atoms with E-state index in [9.17, 15) is 14.7 Å². The van der Waals surface area contributed by atoms with Gasteiger partial charge in [0.15, 0.2) is 0 Å². The number of thiazole rings is 1. The quantitative estimate of drug-likeness (QED) is 0.185. The van der Waals surface area contributed by atoms with Gasteiger partial charge < -0.3 is 15.2 Å². The molecule has 6 rings (SSSR count). The first-order valence-electron chi connectivity index (χ1n) is 13.1. The SMILES string of the molecule is O=C(O)Nc1ccc(-c2cccs2)cc1NC(=O)c1ccc(C2(c3ncc(-c4cccnc4)s3)CCOCC2)cc1. The van der Waals surface area contributed by atoms with Crippen molar-refractivity contribution in [1.82, 2.24) is 9.97 Å². The standard InChI is InChI=1S/C31H26N4O4S2/c36-28(34-25-17-21(26-4-2-16-40-26)7-10-24(25)35-30(37)38)20-5-8-23(9-6-20)31(11-14-39-15-12-31)29-33-19-27(41-29)22-3-1-13-32-18-22/h1-10,13,16-19,35H,11-12,14-15H2,(H,34,36)(H,37,38). The molecule has 0 spiro atoms. The monoisotopic (exact) mass is 582 g/mol. The number of pyridine rings is 1. The molecule has 41 heavy (non-hydrogen) atoms. The van der Waals surface area contributed by atoms with E-state index in [1.54, 1.807) is 41.0 Å². The summed E-state index contributed by atoms with van der Waals surface area (Å²) in [7, 11) is 0. The highest BCUT2D eigenvalue weighted by Gasteiger charge is 2.39. The largest absolute Gasteiger partial charge is 0.465 e. The third-order valence-electron chi connectivity index (χ3n) is 7.22. The summed E-state index contributed by atoms with van der Waals surface area (Å²) in [6.45, 7) is 1.26. The van der Waals surface area contributed by atoms with Crippen LogP contribution >= 0.6 is 22.7 Å². The minimum absolute atomic E-state index is 0.303. The van der Waals surface area contributed by atoms with Gasteiger partial charge in [-0.05, 0) is 65.7 Å². The zero-order valence-electron chi connectivity index (χ0n) is 21.9. The van der Waals surface area contributed by atoms with Crippen molar-refractivity contribution >= 4 is 46.0 Å². The van der Waals surface area contributed by atoms with Gasteiger partial charge in [0.2, 0.25) is 0 Å². The molecule has 5 aromatic rings. The number of thiophene rings is 1. The molecule has 4 heterocycles. The Morgan fingerprint density at radius 3 is 2.41 bits per heavy atom. The van der Waals surface area contributed by atoms with Crippen LogP contribution in [0, 0.1) is 0 Å². The van der Waals surface area contributed by atoms with Crippen LogP contribution < -0.4 is 10.6 Å². The molecule has 2 amide bonds. The van der Waals surface area contributed by atoms with Crippen LogP contribution in [0.15, 0.2) is 90.7 Å². The van der Waals surface area contributed by atoms with Crippen LogP contribution in [0.3, 0.4) is 0 Å². The highest BCUT2D eigenvalue weighted by atomic mass is 32.1. The van der Waals surface area contributed by atoms with Crippen molar-refractivity contribution in [3.05, 3.63) is 107 Å². The Hall–Kier alpha value is -4.38. The lowest BCUT2D eigenvalue weighted by Gasteiger charge is -2.36. The first-order chi connectivity index (χ1) is 20.0. The van der Waals surface area contributed by atoms with Gasteiger partial charge in [0, 0.05) is 47.8 Å². The highest BCUT2D eigenvalue weighted by Crippen LogP contribution is 2.44. The lowest BCUT2D eigenvalue weighted by atomic mass is 9.74. The Bertz CT molecular complexity index is 1660. The lowest BCUT2D eigenvalue weighted by Crippen LogP contribution is -2.35. The summed E-state index contributed by atoms with van der Waals surface area (Å²) in [5.41, 5.74) is 3.84. The number of ether oxygens (including phenoxy) is 1. The van der Waals surface area contributed by atoms with Gasteiger partial charge in [0.05, 0.1) is 21.7 Å². The fourth-order valence-corrected chi connectivity index (χ4v) is 6.99. The van der Waals surface area contributed by atoms with Crippen molar-refractivity contribution in [1.29, 1.82) is 0 Å². The van der Waals surface area contributed by atoms with E-state index in [-0.39, 0.29) is 11.3 Å². The van der Waals surface area contributed by atoms with Crippen molar-refractivity contribution in [2.75, 3.05) is 23.8 Å². The number of rotatable bonds is 7. The maximum Gasteiger partial charge on any atom is 0.409 e. The molecular weight excluding hydrogens is 556 g/mol. The minimum Gasteiger partial charge on any atom is -0.465 e. The molecule has 0 aliphatic carbocycles. The average molecular weight is 583 g/mol. The zero-order valence-corrected chi connectivity index (χ0v) is 23.5. The molecule has 1 fully saturated rings. The van der Waals surface area contributed by atoms with Crippen molar-refractivity contribution in [2.45, 2.75) is 18.3 Å². The fraction of sp³-hybridized carbons (Fsp3) is 0.161. The number of amides is 2. The van der Waals surface area contributed by atoms with Crippen LogP contribution in [0.2, 0.25) is 0 Å². The molecule has 0 atom stereocenters. The third-order valence-corrected chi connectivity index (χ3v) is 9.39. The predicted octanol–water partition coefficient (Wildman–Crippen LogP) is 7.37. The highest BCUT2D eigenvalue weighted by molar-refractivity contribution is 7.15. The van der Waals surface area contributed by atoms with Gasteiger partial charge in [-0.3, -0.25) is 15.1 Å². The molecule has 0 saturated carbocycles. The van der Waals surface area contributed by atoms with Gasteiger partial charge in [-0.2, -0.15) is 0 Å². The molecule has 1 saturated heterocycles. The molecule has 0 unspecified atom stereocenters. The summed E-state index contributed by atoms with van der Waals surface area (Å²) >= 11 is 3.23. The summed E-state index contributed by atoms with van der Waals surface area (Å²) in [6.07, 6.45) is 5.88. The number of nitrogens with one attached hydrogen (secondary N) is 2. The average Bonchev–Trinajstić information content (AvgIpc) is 3.72. The van der Waals surface area contributed by atoms with E-state index < -0.39 is 6.09 Å². The molecule has 10 heteroatoms. The Morgan fingerprint density at radius 1 is 0.878 bits per heavy atom. The summed E-state index contributed by atoms with van der Waals surface area (Å²) in [5.74, 6) is -0.331. The third kappa shape index (κ3) is 5.62. The normalized spacial score (nSPS) is 14.3. The number of benzene rings is 2. The van der Waals surface area contributed by atoms with E-state index in [0.29, 0.717) is 30.2 Å². The van der Waals surface area contributed by atoms with Crippen molar-refractivity contribution < 1.29 is 19.4 Å². The first kappa shape index (κ1) is 26.8. The zero-order chi connectivity index (χ0) is 28.2. The van der Waals surface area contributed by atoms with Crippen LogP contribution in [0.5, 0.6) is 0 Å². The smallest absolute Gasteiger partial charge is 0.409 e. The van der Waals surface area contributed by atoms with E-state index in [1.807, 2.05) is 72.4 Å². The molecule has 0 radical (unpaired) electrons. The number of carbonyl (C=O) groups excluding carboxylic acids is 1. The maximum atomic E-state index is 13.3. The topological polar surface area (TPSA) is 113 Å². The van der Waals surface area contributed by atoms with E-state index in [4.69, 9.17) is 9.72 Å². The summed E-state index contributed by atoms with van der Waals surface area (Å²) in [6, 6.07) is 20.7. The van der Waals surface area contributed by atoms with Crippen LogP contribution in [-0.4, -0.2) is 40.3 Å². The Labute approximate surface area is 244 Å². The van der Waals surface area contributed by atoms with Crippen LogP contribution in [0.1, 0.15) is 33.8 Å². The van der Waals surface area contributed by atoms with E-state index >= 15 is 0 Å². The molecule has 1 aliphatic rings. The van der Waals surface area contributed by atoms with Crippen LogP contribution in [-0.2, 0) is 10.2 Å². The molecule has 8 nitrogen and oxygen atoms in total. The van der Waals surface area contributed by atoms with Crippen molar-refractivity contribution in [3.8, 4) is 20.9 Å². The number of nitrogens with zero attached hydrogens (tertiary/aromatic N) is 2. The van der Waals surface area contributed by atoms with Gasteiger partial charge in [-0.1, -0.05) is 30.3 Å². The Balaban J connectivity index is 1.27. The van der Waals surface area contributed by atoms with Gasteiger partial charge in [-0.25, -0.2) is 9.78 Å². The predicted molar refractivity (Wildman–Crippen MR) is 162 cm³/mol. The lowest BCUT2D eigenvalue weighted by molar-refractivity contribution is 0.0630. The molecule has 2 aromatic carbocycles. The summed E-state index contributed by atoms with van der Waals surface area (Å²) in [4.78, 5) is 35.9. The number of anilines is 2. The van der Waals surface area contributed by atoms with E-state index in [2.05, 4.69) is 15.6 Å². The molecular formula is C31H26N4O4S2. The van der Waals surface area contributed by atoms with Crippen molar-refractivity contribution in [3.63, 3.8) is 0 Å². The number of hydrogen-bond acceptors (Lipinski definition) is 7.